The summed E-state index contributed by atoms with van der Waals surface area (Å²) in [6, 6.07) is 0. The van der Waals surface area contributed by atoms with Crippen LogP contribution in [0.1, 0.15) is 0 Å². The number of aliphatic hydroxyl groups excluding tert-OH is 2. The molecule has 2 atom stereocenters. The normalized spacial score (nSPS) is 16.0. The van der Waals surface area contributed by atoms with Gasteiger partial charge in [-0.3, -0.25) is 0 Å². The molecular formula is C4H10O2PbS2. The number of aliphatic hydroxyl groups is 2. The van der Waals surface area contributed by atoms with E-state index in [2.05, 4.69) is 25.3 Å². The van der Waals surface area contributed by atoms with Crippen molar-refractivity contribution in [3.8, 4) is 0 Å². The zero-order chi connectivity index (χ0) is 6.57. The van der Waals surface area contributed by atoms with Crippen LogP contribution in [-0.4, -0.2) is 61.2 Å². The molecular weight excluding hydrogens is 351 g/mol. The van der Waals surface area contributed by atoms with E-state index in [0.29, 0.717) is 5.75 Å². The van der Waals surface area contributed by atoms with Crippen LogP contribution in [0.15, 0.2) is 0 Å². The van der Waals surface area contributed by atoms with Crippen LogP contribution in [0.3, 0.4) is 0 Å². The molecule has 0 saturated carbocycles. The van der Waals surface area contributed by atoms with Crippen LogP contribution in [0.5, 0.6) is 0 Å². The third-order valence-electron chi connectivity index (χ3n) is 0.818. The molecule has 0 fully saturated rings. The van der Waals surface area contributed by atoms with Crippen LogP contribution in [0, 0.1) is 0 Å². The van der Waals surface area contributed by atoms with Gasteiger partial charge in [0.25, 0.3) is 0 Å². The van der Waals surface area contributed by atoms with Crippen molar-refractivity contribution < 1.29 is 10.2 Å². The molecule has 54 valence electrons. The first-order valence-electron chi connectivity index (χ1n) is 2.30. The third kappa shape index (κ3) is 5.96. The van der Waals surface area contributed by atoms with Gasteiger partial charge in [-0.25, -0.2) is 0 Å². The molecule has 0 aliphatic carbocycles. The molecule has 0 spiro atoms. The van der Waals surface area contributed by atoms with Gasteiger partial charge < -0.3 is 10.2 Å². The Morgan fingerprint density at radius 1 is 1.44 bits per heavy atom. The van der Waals surface area contributed by atoms with Crippen LogP contribution in [-0.2, 0) is 0 Å². The van der Waals surface area contributed by atoms with Gasteiger partial charge in [0.05, 0.1) is 12.7 Å². The number of thiol groups is 2. The minimum atomic E-state index is -0.740. The van der Waals surface area contributed by atoms with Gasteiger partial charge in [-0.05, 0) is 0 Å². The first-order chi connectivity index (χ1) is 3.72. The zero-order valence-corrected chi connectivity index (χ0v) is 10.5. The predicted octanol–water partition coefficient (Wildman–Crippen LogP) is -0.813. The summed E-state index contributed by atoms with van der Waals surface area (Å²) in [6.45, 7) is -0.241. The molecule has 0 saturated heterocycles. The summed E-state index contributed by atoms with van der Waals surface area (Å²) in [5, 5.41) is 16.8. The molecule has 0 aliphatic heterocycles. The Labute approximate surface area is 86.0 Å². The van der Waals surface area contributed by atoms with Crippen molar-refractivity contribution in [1.29, 1.82) is 0 Å². The second-order valence-corrected chi connectivity index (χ2v) is 2.53. The largest absolute Gasteiger partial charge is 0.394 e. The Morgan fingerprint density at radius 2 is 1.89 bits per heavy atom. The molecule has 0 heterocycles. The second kappa shape index (κ2) is 7.65. The topological polar surface area (TPSA) is 40.5 Å². The van der Waals surface area contributed by atoms with E-state index in [1.807, 2.05) is 0 Å². The van der Waals surface area contributed by atoms with Crippen molar-refractivity contribution in [2.75, 3.05) is 12.4 Å². The third-order valence-corrected chi connectivity index (χ3v) is 2.03. The van der Waals surface area contributed by atoms with Gasteiger partial charge in [-0.1, -0.05) is 0 Å². The van der Waals surface area contributed by atoms with Crippen molar-refractivity contribution in [3.05, 3.63) is 0 Å². The Bertz CT molecular complexity index is 56.5. The van der Waals surface area contributed by atoms with Crippen LogP contribution < -0.4 is 0 Å². The fourth-order valence-electron chi connectivity index (χ4n) is 0.243. The molecule has 2 nitrogen and oxygen atoms in total. The van der Waals surface area contributed by atoms with Gasteiger partial charge in [-0.15, -0.1) is 0 Å². The van der Waals surface area contributed by atoms with Gasteiger partial charge in [0.15, 0.2) is 0 Å². The number of rotatable bonds is 3. The van der Waals surface area contributed by atoms with Crippen molar-refractivity contribution in [2.45, 2.75) is 11.4 Å². The van der Waals surface area contributed by atoms with Gasteiger partial charge in [0.2, 0.25) is 0 Å². The van der Waals surface area contributed by atoms with Crippen LogP contribution in [0.4, 0.5) is 0 Å². The monoisotopic (exact) mass is 362 g/mol. The van der Waals surface area contributed by atoms with Crippen LogP contribution >= 0.6 is 25.3 Å². The molecule has 0 aromatic heterocycles. The minimum Gasteiger partial charge on any atom is -0.394 e. The smallest absolute Gasteiger partial charge is 0.0894 e. The van der Waals surface area contributed by atoms with E-state index in [1.165, 1.54) is 0 Å². The zero-order valence-electron chi connectivity index (χ0n) is 4.86. The minimum absolute atomic E-state index is 0. The van der Waals surface area contributed by atoms with E-state index in [9.17, 15) is 0 Å². The maximum Gasteiger partial charge on any atom is 0.0894 e. The van der Waals surface area contributed by atoms with Crippen molar-refractivity contribution >= 4 is 52.6 Å². The molecule has 0 aromatic rings. The maximum atomic E-state index is 8.75. The maximum absolute atomic E-state index is 8.75. The average Bonchev–Trinajstić information content (AvgIpc) is 1.84. The van der Waals surface area contributed by atoms with E-state index >= 15 is 0 Å². The number of hydrogen-bond acceptors (Lipinski definition) is 4. The summed E-state index contributed by atoms with van der Waals surface area (Å²) in [5.41, 5.74) is 0. The van der Waals surface area contributed by atoms with Crippen LogP contribution in [0.25, 0.3) is 0 Å². The molecule has 0 bridgehead atoms. The standard InChI is InChI=1S/C4H10O2S2.Pb/c5-1-3(6)4(8)2-7;/h3-8H,1-2H2;/t3-,4-;/m1./s1. The molecule has 0 aromatic carbocycles. The fourth-order valence-corrected chi connectivity index (χ4v) is 0.581. The fraction of sp³-hybridized carbons (Fsp3) is 1.00. The molecule has 0 unspecified atom stereocenters. The van der Waals surface area contributed by atoms with E-state index in [4.69, 9.17) is 10.2 Å². The van der Waals surface area contributed by atoms with Crippen molar-refractivity contribution in [2.24, 2.45) is 0 Å². The number of hydrogen-bond donors (Lipinski definition) is 4. The summed E-state index contributed by atoms with van der Waals surface area (Å²) in [6.07, 6.45) is -0.740. The molecule has 9 heavy (non-hydrogen) atoms. The average molecular weight is 361 g/mol. The Morgan fingerprint density at radius 3 is 2.00 bits per heavy atom. The van der Waals surface area contributed by atoms with Gasteiger partial charge in [0, 0.05) is 38.3 Å². The van der Waals surface area contributed by atoms with Gasteiger partial charge >= 0.3 is 0 Å². The predicted molar refractivity (Wildman–Crippen MR) is 45.5 cm³/mol. The van der Waals surface area contributed by atoms with E-state index in [-0.39, 0.29) is 39.2 Å². The summed E-state index contributed by atoms with van der Waals surface area (Å²) < 4.78 is 0. The van der Waals surface area contributed by atoms with E-state index < -0.39 is 6.10 Å². The van der Waals surface area contributed by atoms with E-state index in [1.54, 1.807) is 0 Å². The Balaban J connectivity index is 0. The Kier molecular flexibility index (Phi) is 11.2. The second-order valence-electron chi connectivity index (χ2n) is 1.50. The summed E-state index contributed by atoms with van der Waals surface area (Å²) in [7, 11) is 0. The first-order valence-corrected chi connectivity index (χ1v) is 3.45. The van der Waals surface area contributed by atoms with E-state index in [0.717, 1.165) is 0 Å². The molecule has 2 N–H and O–H groups in total. The molecule has 0 rings (SSSR count). The first kappa shape index (κ1) is 13.2. The molecule has 0 amide bonds. The molecule has 5 heteroatoms. The van der Waals surface area contributed by atoms with Crippen molar-refractivity contribution in [3.63, 3.8) is 0 Å². The molecule has 0 aliphatic rings. The van der Waals surface area contributed by atoms with Crippen LogP contribution in [0.2, 0.25) is 0 Å². The van der Waals surface area contributed by atoms with Crippen molar-refractivity contribution in [1.82, 2.24) is 0 Å². The summed E-state index contributed by atoms with van der Waals surface area (Å²) in [4.78, 5) is 0. The Hall–Kier alpha value is 1.54. The quantitative estimate of drug-likeness (QED) is 0.392. The molecule has 4 radical (unpaired) electrons. The SMILES string of the molecule is OC[C@@H](O)[C@H](S)CS.[Pb]. The summed E-state index contributed by atoms with van der Waals surface area (Å²) in [5.74, 6) is 0.477. The van der Waals surface area contributed by atoms with Gasteiger partial charge in [-0.2, -0.15) is 25.3 Å². The summed E-state index contributed by atoms with van der Waals surface area (Å²) >= 11 is 7.78. The van der Waals surface area contributed by atoms with Gasteiger partial charge in [0.1, 0.15) is 0 Å².